The lowest BCUT2D eigenvalue weighted by Crippen LogP contribution is -2.51. The van der Waals surface area contributed by atoms with Gasteiger partial charge >= 0.3 is 0 Å². The van der Waals surface area contributed by atoms with Crippen LogP contribution in [0.5, 0.6) is 0 Å². The van der Waals surface area contributed by atoms with E-state index in [0.29, 0.717) is 0 Å². The number of carbonyl (C=O) groups is 2. The standard InChI is InChI=1S/C17H32O4/c1-11(2)15(19)13(5)21-17(8,9)16(6,7)14(18)10-20-12(3)4/h11-13H,10H2,1-9H3. The molecule has 0 N–H and O–H groups in total. The van der Waals surface area contributed by atoms with Gasteiger partial charge in [-0.15, -0.1) is 0 Å². The van der Waals surface area contributed by atoms with Gasteiger partial charge in [0.2, 0.25) is 0 Å². The Bertz CT molecular complexity index is 367. The lowest BCUT2D eigenvalue weighted by atomic mass is 9.73. The highest BCUT2D eigenvalue weighted by atomic mass is 16.5. The Morgan fingerprint density at radius 3 is 1.81 bits per heavy atom. The third kappa shape index (κ3) is 5.51. The molecule has 0 aliphatic heterocycles. The molecule has 4 nitrogen and oxygen atoms in total. The third-order valence-corrected chi connectivity index (χ3v) is 4.19. The summed E-state index contributed by atoms with van der Waals surface area (Å²) >= 11 is 0. The molecule has 0 fully saturated rings. The minimum absolute atomic E-state index is 0.00947. The first-order chi connectivity index (χ1) is 9.33. The summed E-state index contributed by atoms with van der Waals surface area (Å²) in [4.78, 5) is 24.4. The highest BCUT2D eigenvalue weighted by Gasteiger charge is 2.45. The lowest BCUT2D eigenvalue weighted by molar-refractivity contribution is -0.170. The summed E-state index contributed by atoms with van der Waals surface area (Å²) in [6, 6.07) is 0. The SMILES string of the molecule is CC(C)OCC(=O)C(C)(C)C(C)(C)OC(C)C(=O)C(C)C. The van der Waals surface area contributed by atoms with Crippen molar-refractivity contribution in [1.82, 2.24) is 0 Å². The zero-order valence-electron chi connectivity index (χ0n) is 15.1. The van der Waals surface area contributed by atoms with Crippen LogP contribution in [0.3, 0.4) is 0 Å². The summed E-state index contributed by atoms with van der Waals surface area (Å²) in [7, 11) is 0. The van der Waals surface area contributed by atoms with Crippen LogP contribution in [0.1, 0.15) is 62.3 Å². The van der Waals surface area contributed by atoms with Crippen molar-refractivity contribution in [3.8, 4) is 0 Å². The predicted molar refractivity (Wildman–Crippen MR) is 84.3 cm³/mol. The van der Waals surface area contributed by atoms with Gasteiger partial charge in [0.1, 0.15) is 12.7 Å². The van der Waals surface area contributed by atoms with Crippen LogP contribution < -0.4 is 0 Å². The average molecular weight is 300 g/mol. The maximum atomic E-state index is 12.4. The predicted octanol–water partition coefficient (Wildman–Crippen LogP) is 3.42. The Balaban J connectivity index is 4.94. The van der Waals surface area contributed by atoms with Crippen molar-refractivity contribution in [2.24, 2.45) is 11.3 Å². The minimum Gasteiger partial charge on any atom is -0.371 e. The Kier molecular flexibility index (Phi) is 7.24. The molecule has 0 saturated carbocycles. The molecule has 0 bridgehead atoms. The Labute approximate surface area is 129 Å². The fourth-order valence-corrected chi connectivity index (χ4v) is 1.88. The second-order valence-corrected chi connectivity index (χ2v) is 7.24. The van der Waals surface area contributed by atoms with Crippen LogP contribution in [0.4, 0.5) is 0 Å². The van der Waals surface area contributed by atoms with Crippen LogP contribution in [-0.2, 0) is 19.1 Å². The molecular weight excluding hydrogens is 268 g/mol. The topological polar surface area (TPSA) is 52.6 Å². The molecule has 0 aromatic carbocycles. The summed E-state index contributed by atoms with van der Waals surface area (Å²) < 4.78 is 11.3. The van der Waals surface area contributed by atoms with Crippen molar-refractivity contribution in [2.45, 2.75) is 80.1 Å². The van der Waals surface area contributed by atoms with Gasteiger partial charge in [-0.1, -0.05) is 27.7 Å². The number of ether oxygens (including phenoxy) is 2. The molecule has 0 aromatic heterocycles. The Morgan fingerprint density at radius 2 is 1.43 bits per heavy atom. The first kappa shape index (κ1) is 20.3. The first-order valence-corrected chi connectivity index (χ1v) is 7.69. The van der Waals surface area contributed by atoms with Crippen LogP contribution in [0.15, 0.2) is 0 Å². The maximum absolute atomic E-state index is 12.4. The van der Waals surface area contributed by atoms with Gasteiger partial charge in [0.25, 0.3) is 0 Å². The average Bonchev–Trinajstić information content (AvgIpc) is 2.33. The van der Waals surface area contributed by atoms with E-state index in [0.717, 1.165) is 0 Å². The van der Waals surface area contributed by atoms with E-state index < -0.39 is 17.1 Å². The van der Waals surface area contributed by atoms with Gasteiger partial charge in [0.05, 0.1) is 17.1 Å². The zero-order valence-corrected chi connectivity index (χ0v) is 15.1. The number of hydrogen-bond acceptors (Lipinski definition) is 4. The lowest BCUT2D eigenvalue weighted by Gasteiger charge is -2.41. The number of Topliss-reactive ketones (excluding diaryl/α,β-unsaturated/α-hetero) is 2. The molecule has 1 unspecified atom stereocenters. The number of rotatable bonds is 9. The van der Waals surface area contributed by atoms with E-state index in [4.69, 9.17) is 9.47 Å². The second-order valence-electron chi connectivity index (χ2n) is 7.24. The Morgan fingerprint density at radius 1 is 0.952 bits per heavy atom. The zero-order chi connectivity index (χ0) is 17.0. The second kappa shape index (κ2) is 7.50. The first-order valence-electron chi connectivity index (χ1n) is 7.69. The molecular formula is C17H32O4. The molecule has 0 aromatic rings. The molecule has 0 aliphatic carbocycles. The highest BCUT2D eigenvalue weighted by molar-refractivity contribution is 5.87. The number of hydrogen-bond donors (Lipinski definition) is 0. The maximum Gasteiger partial charge on any atom is 0.166 e. The smallest absolute Gasteiger partial charge is 0.166 e. The number of ketones is 2. The fraction of sp³-hybridized carbons (Fsp3) is 0.882. The number of carbonyl (C=O) groups excluding carboxylic acids is 2. The van der Waals surface area contributed by atoms with Crippen LogP contribution >= 0.6 is 0 Å². The van der Waals surface area contributed by atoms with E-state index in [2.05, 4.69) is 0 Å². The molecule has 21 heavy (non-hydrogen) atoms. The molecule has 0 radical (unpaired) electrons. The fourth-order valence-electron chi connectivity index (χ4n) is 1.88. The van der Waals surface area contributed by atoms with Gasteiger partial charge in [0.15, 0.2) is 11.6 Å². The van der Waals surface area contributed by atoms with Crippen LogP contribution in [-0.4, -0.2) is 36.0 Å². The van der Waals surface area contributed by atoms with Gasteiger partial charge in [-0.3, -0.25) is 9.59 Å². The monoisotopic (exact) mass is 300 g/mol. The summed E-state index contributed by atoms with van der Waals surface area (Å²) in [6.45, 7) is 16.7. The van der Waals surface area contributed by atoms with Crippen molar-refractivity contribution in [2.75, 3.05) is 6.61 Å². The van der Waals surface area contributed by atoms with Gasteiger partial charge < -0.3 is 9.47 Å². The van der Waals surface area contributed by atoms with E-state index in [1.54, 1.807) is 6.92 Å². The van der Waals surface area contributed by atoms with Crippen molar-refractivity contribution in [1.29, 1.82) is 0 Å². The third-order valence-electron chi connectivity index (χ3n) is 4.19. The highest BCUT2D eigenvalue weighted by Crippen LogP contribution is 2.36. The van der Waals surface area contributed by atoms with Crippen LogP contribution in [0, 0.1) is 11.3 Å². The summed E-state index contributed by atoms with van der Waals surface area (Å²) in [5.74, 6) is -0.0611. The summed E-state index contributed by atoms with van der Waals surface area (Å²) in [5, 5.41) is 0. The minimum atomic E-state index is -0.756. The molecule has 0 amide bonds. The van der Waals surface area contributed by atoms with E-state index in [9.17, 15) is 9.59 Å². The Hall–Kier alpha value is -0.740. The van der Waals surface area contributed by atoms with Gasteiger partial charge in [-0.2, -0.15) is 0 Å². The van der Waals surface area contributed by atoms with E-state index in [-0.39, 0.29) is 30.2 Å². The normalized spacial score (nSPS) is 14.6. The largest absolute Gasteiger partial charge is 0.371 e. The van der Waals surface area contributed by atoms with E-state index >= 15 is 0 Å². The van der Waals surface area contributed by atoms with Crippen molar-refractivity contribution in [3.05, 3.63) is 0 Å². The van der Waals surface area contributed by atoms with Crippen LogP contribution in [0.25, 0.3) is 0 Å². The molecule has 1 atom stereocenters. The summed E-state index contributed by atoms with van der Waals surface area (Å²) in [5.41, 5.74) is -1.50. The van der Waals surface area contributed by atoms with Gasteiger partial charge in [0, 0.05) is 5.92 Å². The molecule has 0 rings (SSSR count). The molecule has 124 valence electrons. The molecule has 0 heterocycles. The summed E-state index contributed by atoms with van der Waals surface area (Å²) in [6.07, 6.45) is -0.520. The van der Waals surface area contributed by atoms with Crippen molar-refractivity contribution < 1.29 is 19.1 Å². The van der Waals surface area contributed by atoms with Crippen molar-refractivity contribution in [3.63, 3.8) is 0 Å². The van der Waals surface area contributed by atoms with Crippen LogP contribution in [0.2, 0.25) is 0 Å². The molecule has 0 spiro atoms. The van der Waals surface area contributed by atoms with E-state index in [1.807, 2.05) is 55.4 Å². The van der Waals surface area contributed by atoms with E-state index in [1.165, 1.54) is 0 Å². The quantitative estimate of drug-likeness (QED) is 0.655. The molecule has 0 aliphatic rings. The van der Waals surface area contributed by atoms with Gasteiger partial charge in [-0.25, -0.2) is 0 Å². The molecule has 0 saturated heterocycles. The molecule has 4 heteroatoms. The van der Waals surface area contributed by atoms with Gasteiger partial charge in [-0.05, 0) is 34.6 Å². The van der Waals surface area contributed by atoms with Crippen molar-refractivity contribution >= 4 is 11.6 Å².